The zero-order valence-corrected chi connectivity index (χ0v) is 17.1. The Morgan fingerprint density at radius 2 is 1.82 bits per heavy atom. The highest BCUT2D eigenvalue weighted by Gasteiger charge is 2.27. The first-order chi connectivity index (χ1) is 13.4. The summed E-state index contributed by atoms with van der Waals surface area (Å²) in [4.78, 5) is 18.6. The molecular weight excluding hydrogens is 376 g/mol. The maximum atomic E-state index is 12.6. The maximum Gasteiger partial charge on any atom is 0.251 e. The van der Waals surface area contributed by atoms with Gasteiger partial charge in [0.15, 0.2) is 0 Å². The number of hydrogen-bond acceptors (Lipinski definition) is 5. The number of anilines is 1. The highest BCUT2D eigenvalue weighted by molar-refractivity contribution is 7.89. The van der Waals surface area contributed by atoms with Crippen molar-refractivity contribution < 1.29 is 13.2 Å². The summed E-state index contributed by atoms with van der Waals surface area (Å²) >= 11 is 0. The molecule has 1 aliphatic heterocycles. The summed E-state index contributed by atoms with van der Waals surface area (Å²) < 4.78 is 26.7. The van der Waals surface area contributed by atoms with Crippen LogP contribution in [0, 0.1) is 13.8 Å². The Bertz CT molecular complexity index is 924. The van der Waals surface area contributed by atoms with E-state index in [-0.39, 0.29) is 18.2 Å². The molecule has 2 heterocycles. The molecule has 1 fully saturated rings. The SMILES string of the molecule is Cc1ccc(C(=O)NCCS(=O)(=O)N2CCN(c3ccccn3)CC2)cc1C. The number of piperazine rings is 1. The molecule has 1 amide bonds. The van der Waals surface area contributed by atoms with Gasteiger partial charge in [0.25, 0.3) is 5.91 Å². The van der Waals surface area contributed by atoms with E-state index in [0.717, 1.165) is 16.9 Å². The van der Waals surface area contributed by atoms with Gasteiger partial charge < -0.3 is 10.2 Å². The molecule has 150 valence electrons. The van der Waals surface area contributed by atoms with E-state index in [1.807, 2.05) is 44.2 Å². The highest BCUT2D eigenvalue weighted by Crippen LogP contribution is 2.15. The molecule has 0 aliphatic carbocycles. The van der Waals surface area contributed by atoms with Crippen molar-refractivity contribution in [3.8, 4) is 0 Å². The zero-order valence-electron chi connectivity index (χ0n) is 16.3. The second kappa shape index (κ2) is 8.70. The van der Waals surface area contributed by atoms with E-state index in [0.29, 0.717) is 31.7 Å². The number of aromatic nitrogens is 1. The van der Waals surface area contributed by atoms with Crippen molar-refractivity contribution in [3.63, 3.8) is 0 Å². The Morgan fingerprint density at radius 1 is 1.07 bits per heavy atom. The van der Waals surface area contributed by atoms with Crippen LogP contribution in [0.4, 0.5) is 5.82 Å². The van der Waals surface area contributed by atoms with Crippen LogP contribution in [0.15, 0.2) is 42.6 Å². The van der Waals surface area contributed by atoms with Crippen LogP contribution in [0.5, 0.6) is 0 Å². The average Bonchev–Trinajstić information content (AvgIpc) is 2.70. The van der Waals surface area contributed by atoms with Crippen LogP contribution in [0.2, 0.25) is 0 Å². The molecule has 3 rings (SSSR count). The number of rotatable bonds is 6. The standard InChI is InChI=1S/C20H26N4O3S/c1-16-6-7-18(15-17(16)2)20(25)22-9-14-28(26,27)24-12-10-23(11-13-24)19-5-3-4-8-21-19/h3-8,15H,9-14H2,1-2H3,(H,22,25). The molecule has 1 N–H and O–H groups in total. The second-order valence-corrected chi connectivity index (χ2v) is 9.03. The summed E-state index contributed by atoms with van der Waals surface area (Å²) in [5.74, 6) is 0.506. The van der Waals surface area contributed by atoms with E-state index in [4.69, 9.17) is 0 Å². The average molecular weight is 403 g/mol. The molecule has 0 bridgehead atoms. The first kappa shape index (κ1) is 20.3. The second-order valence-electron chi connectivity index (χ2n) is 6.94. The summed E-state index contributed by atoms with van der Waals surface area (Å²) in [5.41, 5.74) is 2.69. The Balaban J connectivity index is 1.49. The molecule has 0 radical (unpaired) electrons. The molecule has 1 saturated heterocycles. The molecular formula is C20H26N4O3S. The third-order valence-electron chi connectivity index (χ3n) is 5.02. The lowest BCUT2D eigenvalue weighted by Gasteiger charge is -2.34. The van der Waals surface area contributed by atoms with Crippen LogP contribution in [0.25, 0.3) is 0 Å². The molecule has 28 heavy (non-hydrogen) atoms. The van der Waals surface area contributed by atoms with Crippen LogP contribution < -0.4 is 10.2 Å². The van der Waals surface area contributed by atoms with Gasteiger partial charge in [-0.25, -0.2) is 13.4 Å². The van der Waals surface area contributed by atoms with Crippen LogP contribution in [-0.4, -0.2) is 62.1 Å². The van der Waals surface area contributed by atoms with Crippen molar-refractivity contribution in [1.29, 1.82) is 0 Å². The summed E-state index contributed by atoms with van der Waals surface area (Å²) in [6.07, 6.45) is 1.73. The number of nitrogens with one attached hydrogen (secondary N) is 1. The first-order valence-corrected chi connectivity index (χ1v) is 11.0. The first-order valence-electron chi connectivity index (χ1n) is 9.36. The van der Waals surface area contributed by atoms with E-state index in [9.17, 15) is 13.2 Å². The van der Waals surface area contributed by atoms with Crippen molar-refractivity contribution in [2.45, 2.75) is 13.8 Å². The summed E-state index contributed by atoms with van der Waals surface area (Å²) in [6, 6.07) is 11.2. The molecule has 1 aromatic carbocycles. The summed E-state index contributed by atoms with van der Waals surface area (Å²) in [7, 11) is -3.41. The predicted molar refractivity (Wildman–Crippen MR) is 110 cm³/mol. The number of carbonyl (C=O) groups excluding carboxylic acids is 1. The van der Waals surface area contributed by atoms with E-state index in [2.05, 4.69) is 15.2 Å². The number of amides is 1. The molecule has 7 nitrogen and oxygen atoms in total. The number of benzene rings is 1. The van der Waals surface area contributed by atoms with Gasteiger partial charge in [-0.05, 0) is 49.2 Å². The Hall–Kier alpha value is -2.45. The zero-order chi connectivity index (χ0) is 20.1. The van der Waals surface area contributed by atoms with Gasteiger partial charge in [0, 0.05) is 44.5 Å². The fraction of sp³-hybridized carbons (Fsp3) is 0.400. The van der Waals surface area contributed by atoms with Gasteiger partial charge in [-0.2, -0.15) is 4.31 Å². The number of sulfonamides is 1. The molecule has 0 unspecified atom stereocenters. The van der Waals surface area contributed by atoms with Gasteiger partial charge >= 0.3 is 0 Å². The quantitative estimate of drug-likeness (QED) is 0.793. The number of pyridine rings is 1. The third-order valence-corrected chi connectivity index (χ3v) is 6.89. The monoisotopic (exact) mass is 402 g/mol. The Kier molecular flexibility index (Phi) is 6.31. The predicted octanol–water partition coefficient (Wildman–Crippen LogP) is 1.58. The highest BCUT2D eigenvalue weighted by atomic mass is 32.2. The number of hydrogen-bond donors (Lipinski definition) is 1. The lowest BCUT2D eigenvalue weighted by Crippen LogP contribution is -2.50. The molecule has 2 aromatic rings. The van der Waals surface area contributed by atoms with Crippen molar-refractivity contribution in [2.24, 2.45) is 0 Å². The largest absolute Gasteiger partial charge is 0.354 e. The lowest BCUT2D eigenvalue weighted by atomic mass is 10.1. The fourth-order valence-electron chi connectivity index (χ4n) is 3.14. The van der Waals surface area contributed by atoms with Crippen LogP contribution in [-0.2, 0) is 10.0 Å². The van der Waals surface area contributed by atoms with Crippen LogP contribution >= 0.6 is 0 Å². The minimum absolute atomic E-state index is 0.0918. The lowest BCUT2D eigenvalue weighted by molar-refractivity contribution is 0.0956. The van der Waals surface area contributed by atoms with Gasteiger partial charge in [0.2, 0.25) is 10.0 Å². The van der Waals surface area contributed by atoms with E-state index in [1.165, 1.54) is 4.31 Å². The van der Waals surface area contributed by atoms with Crippen LogP contribution in [0.1, 0.15) is 21.5 Å². The van der Waals surface area contributed by atoms with E-state index < -0.39 is 10.0 Å². The Labute approximate surface area is 166 Å². The van der Waals surface area contributed by atoms with Crippen molar-refractivity contribution >= 4 is 21.7 Å². The molecule has 0 spiro atoms. The van der Waals surface area contributed by atoms with Crippen LogP contribution in [0.3, 0.4) is 0 Å². The number of carbonyl (C=O) groups is 1. The topological polar surface area (TPSA) is 82.6 Å². The minimum Gasteiger partial charge on any atom is -0.354 e. The normalized spacial score (nSPS) is 15.4. The van der Waals surface area contributed by atoms with Gasteiger partial charge in [0.1, 0.15) is 5.82 Å². The molecule has 0 saturated carbocycles. The van der Waals surface area contributed by atoms with Crippen molar-refractivity contribution in [2.75, 3.05) is 43.4 Å². The Morgan fingerprint density at radius 3 is 2.46 bits per heavy atom. The summed E-state index contributed by atoms with van der Waals surface area (Å²) in [6.45, 7) is 6.07. The minimum atomic E-state index is -3.41. The maximum absolute atomic E-state index is 12.6. The van der Waals surface area contributed by atoms with Gasteiger partial charge in [-0.3, -0.25) is 4.79 Å². The molecule has 0 atom stereocenters. The van der Waals surface area contributed by atoms with Crippen molar-refractivity contribution in [1.82, 2.24) is 14.6 Å². The number of aryl methyl sites for hydroxylation is 2. The smallest absolute Gasteiger partial charge is 0.251 e. The molecule has 8 heteroatoms. The van der Waals surface area contributed by atoms with Gasteiger partial charge in [-0.1, -0.05) is 12.1 Å². The van der Waals surface area contributed by atoms with Gasteiger partial charge in [-0.15, -0.1) is 0 Å². The number of nitrogens with zero attached hydrogens (tertiary/aromatic N) is 3. The van der Waals surface area contributed by atoms with Gasteiger partial charge in [0.05, 0.1) is 5.75 Å². The van der Waals surface area contributed by atoms with Crippen molar-refractivity contribution in [3.05, 3.63) is 59.3 Å². The summed E-state index contributed by atoms with van der Waals surface area (Å²) in [5, 5.41) is 2.71. The van der Waals surface area contributed by atoms with E-state index in [1.54, 1.807) is 12.3 Å². The third kappa shape index (κ3) is 4.88. The molecule has 1 aromatic heterocycles. The molecule has 1 aliphatic rings. The fourth-order valence-corrected chi connectivity index (χ4v) is 4.48. The van der Waals surface area contributed by atoms with E-state index >= 15 is 0 Å².